The summed E-state index contributed by atoms with van der Waals surface area (Å²) in [6, 6.07) is 13.5. The molecule has 1 aliphatic heterocycles. The number of likely N-dealkylation sites (tertiary alicyclic amines) is 1. The largest absolute Gasteiger partial charge is 0.338 e. The Morgan fingerprint density at radius 1 is 1.19 bits per heavy atom. The lowest BCUT2D eigenvalue weighted by Gasteiger charge is -2.38. The molecule has 4 rings (SSSR count). The lowest BCUT2D eigenvalue weighted by molar-refractivity contribution is -0.384. The molecule has 1 aromatic heterocycles. The van der Waals surface area contributed by atoms with E-state index in [1.807, 2.05) is 42.2 Å². The minimum absolute atomic E-state index is 0.00280. The van der Waals surface area contributed by atoms with Gasteiger partial charge in [0.2, 0.25) is 0 Å². The van der Waals surface area contributed by atoms with Crippen molar-refractivity contribution >= 4 is 28.4 Å². The summed E-state index contributed by atoms with van der Waals surface area (Å²) >= 11 is 0. The van der Waals surface area contributed by atoms with Crippen LogP contribution in [-0.2, 0) is 0 Å². The number of aromatic nitrogens is 2. The molecular weight excluding hydrogens is 410 g/mol. The number of nitrogens with zero attached hydrogens (tertiary/aromatic N) is 4. The predicted molar refractivity (Wildman–Crippen MR) is 119 cm³/mol. The van der Waals surface area contributed by atoms with E-state index in [1.54, 1.807) is 11.0 Å². The molecule has 9 nitrogen and oxygen atoms in total. The highest BCUT2D eigenvalue weighted by Crippen LogP contribution is 2.26. The number of non-ortho nitro benzene ring substituents is 1. The molecular formula is C23H25N5O4. The van der Waals surface area contributed by atoms with Gasteiger partial charge in [0.1, 0.15) is 0 Å². The number of aromatic amines is 1. The van der Waals surface area contributed by atoms with Gasteiger partial charge in [0.05, 0.1) is 10.4 Å². The maximum atomic E-state index is 13.4. The van der Waals surface area contributed by atoms with Gasteiger partial charge >= 0.3 is 0 Å². The summed E-state index contributed by atoms with van der Waals surface area (Å²) in [5, 5.41) is 18.6. The van der Waals surface area contributed by atoms with E-state index in [2.05, 4.69) is 10.2 Å². The maximum absolute atomic E-state index is 13.4. The molecule has 2 aromatic carbocycles. The average molecular weight is 435 g/mol. The number of nitro groups is 1. The molecule has 2 heterocycles. The molecule has 0 atom stereocenters. The van der Waals surface area contributed by atoms with Gasteiger partial charge in [-0.1, -0.05) is 25.1 Å². The Balaban J connectivity index is 1.51. The van der Waals surface area contributed by atoms with Crippen LogP contribution in [0.1, 0.15) is 47.0 Å². The maximum Gasteiger partial charge on any atom is 0.275 e. The van der Waals surface area contributed by atoms with Crippen LogP contribution in [0.25, 0.3) is 10.9 Å². The van der Waals surface area contributed by atoms with E-state index in [-0.39, 0.29) is 29.2 Å². The summed E-state index contributed by atoms with van der Waals surface area (Å²) < 4.78 is 0. The summed E-state index contributed by atoms with van der Waals surface area (Å²) in [5.41, 5.74) is 1.36. The van der Waals surface area contributed by atoms with Crippen LogP contribution in [0, 0.1) is 10.1 Å². The first-order valence-corrected chi connectivity index (χ1v) is 10.8. The Morgan fingerprint density at radius 2 is 1.91 bits per heavy atom. The molecule has 1 aliphatic rings. The van der Waals surface area contributed by atoms with Crippen molar-refractivity contribution in [3.8, 4) is 0 Å². The zero-order chi connectivity index (χ0) is 22.7. The molecule has 0 bridgehead atoms. The summed E-state index contributed by atoms with van der Waals surface area (Å²) in [4.78, 5) is 40.5. The van der Waals surface area contributed by atoms with E-state index < -0.39 is 4.92 Å². The highest BCUT2D eigenvalue weighted by Gasteiger charge is 2.32. The second-order valence-electron chi connectivity index (χ2n) is 7.95. The number of piperidine rings is 1. The van der Waals surface area contributed by atoms with Crippen molar-refractivity contribution in [1.29, 1.82) is 0 Å². The van der Waals surface area contributed by atoms with Crippen LogP contribution in [0.15, 0.2) is 48.5 Å². The van der Waals surface area contributed by atoms with Gasteiger partial charge in [-0.15, -0.1) is 0 Å². The SMILES string of the molecule is CCCN(C(=O)c1n[nH]c2ccc([N+](=O)[O-])cc12)C1CCN(C(=O)c2ccccc2)CC1. The molecule has 1 saturated heterocycles. The number of carbonyl (C=O) groups excluding carboxylic acids is 2. The fourth-order valence-corrected chi connectivity index (χ4v) is 4.25. The number of amides is 2. The molecule has 0 aliphatic carbocycles. The Morgan fingerprint density at radius 3 is 2.56 bits per heavy atom. The molecule has 32 heavy (non-hydrogen) atoms. The van der Waals surface area contributed by atoms with Gasteiger partial charge in [0, 0.05) is 48.8 Å². The van der Waals surface area contributed by atoms with Gasteiger partial charge in [0.15, 0.2) is 5.69 Å². The quantitative estimate of drug-likeness (QED) is 0.469. The first kappa shape index (κ1) is 21.5. The van der Waals surface area contributed by atoms with Crippen LogP contribution in [0.3, 0.4) is 0 Å². The first-order chi connectivity index (χ1) is 15.5. The van der Waals surface area contributed by atoms with E-state index >= 15 is 0 Å². The number of nitrogens with one attached hydrogen (secondary N) is 1. The number of fused-ring (bicyclic) bond motifs is 1. The van der Waals surface area contributed by atoms with E-state index in [9.17, 15) is 19.7 Å². The van der Waals surface area contributed by atoms with E-state index in [0.717, 1.165) is 6.42 Å². The second-order valence-corrected chi connectivity index (χ2v) is 7.95. The molecule has 9 heteroatoms. The third-order valence-corrected chi connectivity index (χ3v) is 5.90. The van der Waals surface area contributed by atoms with Gasteiger partial charge in [-0.2, -0.15) is 5.10 Å². The highest BCUT2D eigenvalue weighted by atomic mass is 16.6. The Hall–Kier alpha value is -3.75. The summed E-state index contributed by atoms with van der Waals surface area (Å²) in [5.74, 6) is -0.241. The van der Waals surface area contributed by atoms with E-state index in [4.69, 9.17) is 0 Å². The fourth-order valence-electron chi connectivity index (χ4n) is 4.25. The van der Waals surface area contributed by atoms with Gasteiger partial charge in [-0.3, -0.25) is 24.8 Å². The third kappa shape index (κ3) is 4.18. The van der Waals surface area contributed by atoms with Crippen LogP contribution in [-0.4, -0.2) is 62.4 Å². The number of hydrogen-bond acceptors (Lipinski definition) is 5. The topological polar surface area (TPSA) is 112 Å². The smallest absolute Gasteiger partial charge is 0.275 e. The first-order valence-electron chi connectivity index (χ1n) is 10.8. The third-order valence-electron chi connectivity index (χ3n) is 5.90. The second kappa shape index (κ2) is 9.17. The van der Waals surface area contributed by atoms with Crippen molar-refractivity contribution in [3.63, 3.8) is 0 Å². The van der Waals surface area contributed by atoms with Crippen molar-refractivity contribution in [1.82, 2.24) is 20.0 Å². The predicted octanol–water partition coefficient (Wildman–Crippen LogP) is 3.63. The normalized spacial score (nSPS) is 14.5. The molecule has 0 spiro atoms. The Labute approximate surface area is 185 Å². The van der Waals surface area contributed by atoms with Crippen molar-refractivity contribution in [3.05, 3.63) is 69.9 Å². The summed E-state index contributed by atoms with van der Waals surface area (Å²) in [6.45, 7) is 3.69. The van der Waals surface area contributed by atoms with E-state index in [1.165, 1.54) is 12.1 Å². The molecule has 2 amide bonds. The number of benzene rings is 2. The summed E-state index contributed by atoms with van der Waals surface area (Å²) in [6.07, 6.45) is 2.12. The van der Waals surface area contributed by atoms with Crippen LogP contribution in [0.2, 0.25) is 0 Å². The van der Waals surface area contributed by atoms with Crippen molar-refractivity contribution in [2.75, 3.05) is 19.6 Å². The summed E-state index contributed by atoms with van der Waals surface area (Å²) in [7, 11) is 0. The van der Waals surface area contributed by atoms with Gasteiger partial charge in [-0.05, 0) is 37.5 Å². The standard InChI is InChI=1S/C23H25N5O4/c1-2-12-27(17-10-13-26(14-11-17)22(29)16-6-4-3-5-7-16)23(30)21-19-15-18(28(31)32)8-9-20(19)24-25-21/h3-9,15,17H,2,10-14H2,1H3,(H,24,25). The molecule has 1 fully saturated rings. The van der Waals surface area contributed by atoms with Crippen molar-refractivity contribution in [2.45, 2.75) is 32.2 Å². The van der Waals surface area contributed by atoms with Crippen LogP contribution >= 0.6 is 0 Å². The van der Waals surface area contributed by atoms with Crippen LogP contribution in [0.5, 0.6) is 0 Å². The van der Waals surface area contributed by atoms with Crippen LogP contribution < -0.4 is 0 Å². The minimum Gasteiger partial charge on any atom is -0.338 e. The van der Waals surface area contributed by atoms with Crippen molar-refractivity contribution < 1.29 is 14.5 Å². The molecule has 0 unspecified atom stereocenters. The average Bonchev–Trinajstić information content (AvgIpc) is 3.25. The number of rotatable bonds is 6. The molecule has 1 N–H and O–H groups in total. The van der Waals surface area contributed by atoms with Crippen LogP contribution in [0.4, 0.5) is 5.69 Å². The van der Waals surface area contributed by atoms with Crippen molar-refractivity contribution in [2.24, 2.45) is 0 Å². The monoisotopic (exact) mass is 435 g/mol. The zero-order valence-electron chi connectivity index (χ0n) is 17.9. The molecule has 3 aromatic rings. The Bertz CT molecular complexity index is 1140. The zero-order valence-corrected chi connectivity index (χ0v) is 17.9. The molecule has 0 saturated carbocycles. The molecule has 0 radical (unpaired) electrons. The fraction of sp³-hybridized carbons (Fsp3) is 0.348. The van der Waals surface area contributed by atoms with E-state index in [0.29, 0.717) is 48.9 Å². The number of hydrogen-bond donors (Lipinski definition) is 1. The van der Waals surface area contributed by atoms with Gasteiger partial charge in [0.25, 0.3) is 17.5 Å². The lowest BCUT2D eigenvalue weighted by atomic mass is 10.0. The lowest BCUT2D eigenvalue weighted by Crippen LogP contribution is -2.49. The van der Waals surface area contributed by atoms with Gasteiger partial charge < -0.3 is 9.80 Å². The molecule has 166 valence electrons. The number of nitro benzene ring substituents is 1. The Kier molecular flexibility index (Phi) is 6.16. The number of H-pyrrole nitrogens is 1. The minimum atomic E-state index is -0.482. The highest BCUT2D eigenvalue weighted by molar-refractivity contribution is 6.05. The van der Waals surface area contributed by atoms with Gasteiger partial charge in [-0.25, -0.2) is 0 Å². The number of carbonyl (C=O) groups is 2.